The molecule has 0 bridgehead atoms. The van der Waals surface area contributed by atoms with Crippen molar-refractivity contribution in [1.82, 2.24) is 0 Å². The normalized spacial score (nSPS) is 11.9. The molecule has 0 saturated carbocycles. The van der Waals surface area contributed by atoms with Gasteiger partial charge in [-0.3, -0.25) is 4.18 Å². The van der Waals surface area contributed by atoms with Gasteiger partial charge in [-0.25, -0.2) is 8.42 Å². The topological polar surface area (TPSA) is 125 Å². The van der Waals surface area contributed by atoms with Gasteiger partial charge in [0.15, 0.2) is 0 Å². The van der Waals surface area contributed by atoms with E-state index in [0.29, 0.717) is 26.4 Å². The molecule has 0 radical (unpaired) electrons. The SMILES string of the molecule is CCCCCCCCCCCCCCCCCC[N+](C)(CCOCCO)CCOCCO.COS(=O)(=O)[O-]. The summed E-state index contributed by atoms with van der Waals surface area (Å²) in [6.07, 6.45) is 22.4. The van der Waals surface area contributed by atoms with Gasteiger partial charge in [0.1, 0.15) is 13.1 Å². The molecule has 0 aliphatic rings. The van der Waals surface area contributed by atoms with E-state index < -0.39 is 10.4 Å². The van der Waals surface area contributed by atoms with Gasteiger partial charge in [0.25, 0.3) is 0 Å². The van der Waals surface area contributed by atoms with Crippen LogP contribution in [0.5, 0.6) is 0 Å². The van der Waals surface area contributed by atoms with E-state index in [-0.39, 0.29) is 13.2 Å². The number of ether oxygens (including phenoxy) is 2. The van der Waals surface area contributed by atoms with Crippen molar-refractivity contribution >= 4 is 10.4 Å². The number of nitrogens with zero attached hydrogens (tertiary/aromatic N) is 1. The standard InChI is InChI=1S/C27H58NO4.CH4O4S/c1-3-4-5-6-7-8-9-10-11-12-13-14-15-16-17-18-19-28(2,20-24-31-26-22-29)21-25-32-27-23-30;1-5-6(2,3)4/h29-30H,3-27H2,1-2H3;1H3,(H,2,3,4)/q+1;/p-1. The van der Waals surface area contributed by atoms with Crippen molar-refractivity contribution in [3.05, 3.63) is 0 Å². The van der Waals surface area contributed by atoms with E-state index in [9.17, 15) is 13.0 Å². The molecule has 0 aliphatic heterocycles. The Balaban J connectivity index is 0. The number of likely N-dealkylation sites (N-methyl/N-ethyl adjacent to an activating group) is 1. The van der Waals surface area contributed by atoms with Gasteiger partial charge in [-0.15, -0.1) is 0 Å². The third-order valence-electron chi connectivity index (χ3n) is 6.78. The highest BCUT2D eigenvalue weighted by Crippen LogP contribution is 2.14. The summed E-state index contributed by atoms with van der Waals surface area (Å²) in [4.78, 5) is 0. The Morgan fingerprint density at radius 2 is 0.921 bits per heavy atom. The van der Waals surface area contributed by atoms with Crippen molar-refractivity contribution in [2.75, 3.05) is 73.4 Å². The molecule has 232 valence electrons. The molecule has 0 unspecified atom stereocenters. The lowest BCUT2D eigenvalue weighted by molar-refractivity contribution is -0.910. The van der Waals surface area contributed by atoms with Crippen LogP contribution in [0.15, 0.2) is 0 Å². The maximum Gasteiger partial charge on any atom is 0.217 e. The molecule has 38 heavy (non-hydrogen) atoms. The van der Waals surface area contributed by atoms with E-state index >= 15 is 0 Å². The fraction of sp³-hybridized carbons (Fsp3) is 1.00. The van der Waals surface area contributed by atoms with Gasteiger partial charge in [0.05, 0.1) is 60.3 Å². The minimum absolute atomic E-state index is 0.0858. The van der Waals surface area contributed by atoms with Gasteiger partial charge in [-0.05, 0) is 12.8 Å². The van der Waals surface area contributed by atoms with E-state index in [1.807, 2.05) is 0 Å². The second kappa shape index (κ2) is 29.6. The van der Waals surface area contributed by atoms with Crippen molar-refractivity contribution in [1.29, 1.82) is 0 Å². The zero-order valence-electron chi connectivity index (χ0n) is 24.9. The summed E-state index contributed by atoms with van der Waals surface area (Å²) < 4.78 is 42.9. The summed E-state index contributed by atoms with van der Waals surface area (Å²) in [7, 11) is -1.33. The van der Waals surface area contributed by atoms with Crippen molar-refractivity contribution in [3.8, 4) is 0 Å². The summed E-state index contributed by atoms with van der Waals surface area (Å²) in [5.41, 5.74) is 0. The van der Waals surface area contributed by atoms with Crippen LogP contribution in [0.3, 0.4) is 0 Å². The smallest absolute Gasteiger partial charge is 0.217 e. The third kappa shape index (κ3) is 33.7. The van der Waals surface area contributed by atoms with Crippen molar-refractivity contribution < 1.29 is 41.3 Å². The fourth-order valence-electron chi connectivity index (χ4n) is 4.28. The Hall–Kier alpha value is -0.330. The maximum absolute atomic E-state index is 9.22. The van der Waals surface area contributed by atoms with Gasteiger partial charge in [0, 0.05) is 0 Å². The molecule has 0 atom stereocenters. The van der Waals surface area contributed by atoms with Gasteiger partial charge in [-0.1, -0.05) is 96.8 Å². The fourth-order valence-corrected chi connectivity index (χ4v) is 4.28. The largest absolute Gasteiger partial charge is 0.726 e. The van der Waals surface area contributed by atoms with E-state index in [2.05, 4.69) is 18.2 Å². The molecule has 2 N–H and O–H groups in total. The monoisotopic (exact) mass is 571 g/mol. The molecule has 0 aliphatic carbocycles. The quantitative estimate of drug-likeness (QED) is 0.0593. The average Bonchev–Trinajstić information content (AvgIpc) is 2.89. The molecular weight excluding hydrogens is 510 g/mol. The molecule has 0 heterocycles. The Bertz CT molecular complexity index is 551. The Morgan fingerprint density at radius 1 is 0.605 bits per heavy atom. The number of quaternary nitrogens is 1. The molecule has 0 fully saturated rings. The number of unbranched alkanes of at least 4 members (excludes halogenated alkanes) is 15. The van der Waals surface area contributed by atoms with E-state index in [4.69, 9.17) is 19.7 Å². The molecule has 0 amide bonds. The van der Waals surface area contributed by atoms with Crippen LogP contribution >= 0.6 is 0 Å². The van der Waals surface area contributed by atoms with Gasteiger partial charge < -0.3 is 28.7 Å². The highest BCUT2D eigenvalue weighted by molar-refractivity contribution is 7.80. The molecule has 9 nitrogen and oxygen atoms in total. The highest BCUT2D eigenvalue weighted by Gasteiger charge is 2.20. The van der Waals surface area contributed by atoms with Crippen molar-refractivity contribution in [3.63, 3.8) is 0 Å². The predicted molar refractivity (Wildman–Crippen MR) is 153 cm³/mol. The minimum Gasteiger partial charge on any atom is -0.726 e. The van der Waals surface area contributed by atoms with E-state index in [1.165, 1.54) is 103 Å². The lowest BCUT2D eigenvalue weighted by Gasteiger charge is -2.34. The summed E-state index contributed by atoms with van der Waals surface area (Å²) >= 11 is 0. The summed E-state index contributed by atoms with van der Waals surface area (Å²) in [6, 6.07) is 0. The van der Waals surface area contributed by atoms with Crippen LogP contribution in [0.2, 0.25) is 0 Å². The second-order valence-electron chi connectivity index (χ2n) is 10.3. The van der Waals surface area contributed by atoms with Crippen LogP contribution in [-0.4, -0.2) is 101 Å². The molecular formula is C28H61NO8S. The number of aliphatic hydroxyl groups excluding tert-OH is 2. The number of rotatable bonds is 28. The lowest BCUT2D eigenvalue weighted by Crippen LogP contribution is -2.49. The Morgan fingerprint density at radius 3 is 1.21 bits per heavy atom. The van der Waals surface area contributed by atoms with Crippen molar-refractivity contribution in [2.45, 2.75) is 110 Å². The van der Waals surface area contributed by atoms with Crippen LogP contribution in [-0.2, 0) is 24.1 Å². The maximum atomic E-state index is 9.22. The first-order valence-corrected chi connectivity index (χ1v) is 16.3. The van der Waals surface area contributed by atoms with Crippen LogP contribution < -0.4 is 0 Å². The molecule has 0 aromatic rings. The van der Waals surface area contributed by atoms with Crippen LogP contribution in [0, 0.1) is 0 Å². The Kier molecular flexibility index (Phi) is 31.1. The zero-order chi connectivity index (χ0) is 28.8. The molecule has 0 aromatic carbocycles. The number of hydrogen-bond donors (Lipinski definition) is 2. The average molecular weight is 572 g/mol. The Labute approximate surface area is 234 Å². The molecule has 0 aromatic heterocycles. The first kappa shape index (κ1) is 39.8. The summed E-state index contributed by atoms with van der Waals surface area (Å²) in [5, 5.41) is 17.8. The molecule has 10 heteroatoms. The first-order chi connectivity index (χ1) is 18.2. The van der Waals surface area contributed by atoms with Crippen LogP contribution in [0.4, 0.5) is 0 Å². The number of hydrogen-bond acceptors (Lipinski definition) is 8. The van der Waals surface area contributed by atoms with Gasteiger partial charge in [0.2, 0.25) is 10.4 Å². The molecule has 0 saturated heterocycles. The highest BCUT2D eigenvalue weighted by atomic mass is 32.3. The second-order valence-corrected chi connectivity index (χ2v) is 11.5. The lowest BCUT2D eigenvalue weighted by atomic mass is 10.0. The van der Waals surface area contributed by atoms with Crippen LogP contribution in [0.25, 0.3) is 0 Å². The summed E-state index contributed by atoms with van der Waals surface area (Å²) in [5.74, 6) is 0. The van der Waals surface area contributed by atoms with E-state index in [1.54, 1.807) is 0 Å². The molecule has 0 rings (SSSR count). The minimum atomic E-state index is -4.41. The van der Waals surface area contributed by atoms with Crippen LogP contribution in [0.1, 0.15) is 110 Å². The number of aliphatic hydroxyl groups is 2. The zero-order valence-corrected chi connectivity index (χ0v) is 25.7. The third-order valence-corrected chi connectivity index (χ3v) is 7.19. The summed E-state index contributed by atoms with van der Waals surface area (Å²) in [6.45, 7) is 7.68. The molecule has 0 spiro atoms. The van der Waals surface area contributed by atoms with Crippen molar-refractivity contribution in [2.24, 2.45) is 0 Å². The predicted octanol–water partition coefficient (Wildman–Crippen LogP) is 4.81. The van der Waals surface area contributed by atoms with Gasteiger partial charge >= 0.3 is 0 Å². The first-order valence-electron chi connectivity index (χ1n) is 15.0. The van der Waals surface area contributed by atoms with Gasteiger partial charge in [-0.2, -0.15) is 0 Å². The van der Waals surface area contributed by atoms with E-state index in [0.717, 1.165) is 31.2 Å².